The van der Waals surface area contributed by atoms with Crippen LogP contribution in [0.4, 0.5) is 0 Å². The van der Waals surface area contributed by atoms with Crippen LogP contribution in [-0.4, -0.2) is 9.55 Å². The Labute approximate surface area is 126 Å². The van der Waals surface area contributed by atoms with Crippen LogP contribution in [0, 0.1) is 6.92 Å². The van der Waals surface area contributed by atoms with E-state index >= 15 is 0 Å². The maximum atomic E-state index is 12.5. The highest BCUT2D eigenvalue weighted by molar-refractivity contribution is 5.87. The number of aromatic nitrogens is 2. The molecule has 0 saturated carbocycles. The van der Waals surface area contributed by atoms with Crippen molar-refractivity contribution in [1.29, 1.82) is 0 Å². The van der Waals surface area contributed by atoms with E-state index in [9.17, 15) is 4.79 Å². The summed E-state index contributed by atoms with van der Waals surface area (Å²) in [5, 5.41) is 0.934. The zero-order valence-electron chi connectivity index (χ0n) is 12.3. The molecule has 0 aliphatic carbocycles. The van der Waals surface area contributed by atoms with E-state index in [1.165, 1.54) is 0 Å². The van der Waals surface area contributed by atoms with E-state index < -0.39 is 0 Å². The van der Waals surface area contributed by atoms with E-state index in [0.717, 1.165) is 22.0 Å². The molecule has 0 saturated heterocycles. The Morgan fingerprint density at radius 3 is 2.59 bits per heavy atom. The molecule has 0 bridgehead atoms. The molecule has 0 radical (unpaired) electrons. The standard InChI is InChI=1S/C18H14N2O2/c1-11-12-7-3-6-10-15(12)22-18(21)16(11)17-19-13-8-4-5-9-14(13)20(17)2/h3-10H,1-2H3. The van der Waals surface area contributed by atoms with E-state index in [2.05, 4.69) is 4.98 Å². The lowest BCUT2D eigenvalue weighted by Gasteiger charge is -2.07. The van der Waals surface area contributed by atoms with E-state index in [0.29, 0.717) is 17.0 Å². The molecule has 0 spiro atoms. The van der Waals surface area contributed by atoms with Gasteiger partial charge in [0.15, 0.2) is 0 Å². The van der Waals surface area contributed by atoms with Crippen LogP contribution in [0.1, 0.15) is 5.56 Å². The first-order valence-corrected chi connectivity index (χ1v) is 7.11. The number of para-hydroxylation sites is 3. The predicted molar refractivity (Wildman–Crippen MR) is 86.9 cm³/mol. The van der Waals surface area contributed by atoms with Gasteiger partial charge in [-0.3, -0.25) is 0 Å². The lowest BCUT2D eigenvalue weighted by atomic mass is 10.1. The Morgan fingerprint density at radius 2 is 1.77 bits per heavy atom. The first-order valence-electron chi connectivity index (χ1n) is 7.11. The molecular formula is C18H14N2O2. The number of aryl methyl sites for hydroxylation is 2. The van der Waals surface area contributed by atoms with Gasteiger partial charge in [-0.1, -0.05) is 30.3 Å². The number of benzene rings is 2. The lowest BCUT2D eigenvalue weighted by Crippen LogP contribution is -2.09. The van der Waals surface area contributed by atoms with Crippen molar-refractivity contribution in [3.8, 4) is 11.4 Å². The Morgan fingerprint density at radius 1 is 1.05 bits per heavy atom. The molecule has 4 aromatic rings. The molecule has 0 fully saturated rings. The van der Waals surface area contributed by atoms with Crippen molar-refractivity contribution in [1.82, 2.24) is 9.55 Å². The molecule has 0 N–H and O–H groups in total. The largest absolute Gasteiger partial charge is 0.422 e. The van der Waals surface area contributed by atoms with Gasteiger partial charge in [-0.25, -0.2) is 9.78 Å². The fraction of sp³-hybridized carbons (Fsp3) is 0.111. The summed E-state index contributed by atoms with van der Waals surface area (Å²) in [4.78, 5) is 17.1. The van der Waals surface area contributed by atoms with Crippen molar-refractivity contribution in [2.45, 2.75) is 6.92 Å². The number of hydrogen-bond donors (Lipinski definition) is 0. The van der Waals surface area contributed by atoms with Crippen LogP contribution in [0.15, 0.2) is 57.7 Å². The summed E-state index contributed by atoms with van der Waals surface area (Å²) in [5.74, 6) is 0.637. The molecule has 4 nitrogen and oxygen atoms in total. The average molecular weight is 290 g/mol. The Bertz CT molecular complexity index is 1070. The van der Waals surface area contributed by atoms with Crippen molar-refractivity contribution in [2.24, 2.45) is 7.05 Å². The van der Waals surface area contributed by atoms with Crippen molar-refractivity contribution >= 4 is 22.0 Å². The minimum Gasteiger partial charge on any atom is -0.422 e. The zero-order chi connectivity index (χ0) is 15.3. The third-order valence-electron chi connectivity index (χ3n) is 4.08. The van der Waals surface area contributed by atoms with Crippen molar-refractivity contribution in [3.05, 3.63) is 64.5 Å². The molecule has 2 aromatic carbocycles. The van der Waals surface area contributed by atoms with Gasteiger partial charge in [0.25, 0.3) is 0 Å². The summed E-state index contributed by atoms with van der Waals surface area (Å²) in [6.07, 6.45) is 0. The minimum absolute atomic E-state index is 0.352. The van der Waals surface area contributed by atoms with E-state index in [1.807, 2.05) is 67.1 Å². The second-order valence-electron chi connectivity index (χ2n) is 5.37. The highest BCUT2D eigenvalue weighted by atomic mass is 16.4. The molecule has 0 aliphatic heterocycles. The molecule has 22 heavy (non-hydrogen) atoms. The van der Waals surface area contributed by atoms with Crippen LogP contribution in [0.5, 0.6) is 0 Å². The molecular weight excluding hydrogens is 276 g/mol. The van der Waals surface area contributed by atoms with Gasteiger partial charge in [0.05, 0.1) is 11.0 Å². The molecule has 108 valence electrons. The van der Waals surface area contributed by atoms with Crippen LogP contribution >= 0.6 is 0 Å². The van der Waals surface area contributed by atoms with E-state index in [4.69, 9.17) is 4.42 Å². The summed E-state index contributed by atoms with van der Waals surface area (Å²) in [7, 11) is 1.92. The van der Waals surface area contributed by atoms with Gasteiger partial charge in [-0.15, -0.1) is 0 Å². The van der Waals surface area contributed by atoms with Crippen LogP contribution in [-0.2, 0) is 7.05 Å². The maximum absolute atomic E-state index is 12.5. The quantitative estimate of drug-likeness (QED) is 0.503. The van der Waals surface area contributed by atoms with Crippen LogP contribution in [0.2, 0.25) is 0 Å². The smallest absolute Gasteiger partial charge is 0.347 e. The summed E-state index contributed by atoms with van der Waals surface area (Å²) in [6, 6.07) is 15.4. The molecule has 4 heteroatoms. The summed E-state index contributed by atoms with van der Waals surface area (Å²) < 4.78 is 7.40. The normalized spacial score (nSPS) is 11.4. The average Bonchev–Trinajstić information content (AvgIpc) is 2.85. The number of imidazole rings is 1. The monoisotopic (exact) mass is 290 g/mol. The SMILES string of the molecule is Cc1c(-c2nc3ccccc3n2C)c(=O)oc2ccccc12. The molecule has 4 rings (SSSR count). The van der Waals surface area contributed by atoms with Gasteiger partial charge in [-0.05, 0) is 30.7 Å². The van der Waals surface area contributed by atoms with Gasteiger partial charge >= 0.3 is 5.63 Å². The molecule has 2 heterocycles. The first kappa shape index (κ1) is 12.8. The number of rotatable bonds is 1. The van der Waals surface area contributed by atoms with Gasteiger partial charge in [0.1, 0.15) is 17.0 Å². The summed E-state index contributed by atoms with van der Waals surface area (Å²) in [5.41, 5.74) is 3.53. The number of nitrogens with zero attached hydrogens (tertiary/aromatic N) is 2. The van der Waals surface area contributed by atoms with Gasteiger partial charge in [0.2, 0.25) is 0 Å². The third kappa shape index (κ3) is 1.70. The lowest BCUT2D eigenvalue weighted by molar-refractivity contribution is 0.561. The fourth-order valence-corrected chi connectivity index (χ4v) is 2.93. The number of fused-ring (bicyclic) bond motifs is 2. The Hall–Kier alpha value is -2.88. The molecule has 0 aliphatic rings. The third-order valence-corrected chi connectivity index (χ3v) is 4.08. The highest BCUT2D eigenvalue weighted by Gasteiger charge is 2.18. The van der Waals surface area contributed by atoms with Crippen molar-refractivity contribution in [3.63, 3.8) is 0 Å². The zero-order valence-corrected chi connectivity index (χ0v) is 12.3. The molecule has 2 aromatic heterocycles. The summed E-state index contributed by atoms with van der Waals surface area (Å²) in [6.45, 7) is 1.94. The van der Waals surface area contributed by atoms with Gasteiger partial charge < -0.3 is 8.98 Å². The minimum atomic E-state index is -0.352. The van der Waals surface area contributed by atoms with Crippen LogP contribution in [0.3, 0.4) is 0 Å². The topological polar surface area (TPSA) is 48.0 Å². The Balaban J connectivity index is 2.12. The predicted octanol–water partition coefficient (Wildman–Crippen LogP) is 3.66. The van der Waals surface area contributed by atoms with Crippen molar-refractivity contribution in [2.75, 3.05) is 0 Å². The second-order valence-corrected chi connectivity index (χ2v) is 5.37. The second kappa shape index (κ2) is 4.56. The van der Waals surface area contributed by atoms with E-state index in [1.54, 1.807) is 0 Å². The van der Waals surface area contributed by atoms with E-state index in [-0.39, 0.29) is 5.63 Å². The highest BCUT2D eigenvalue weighted by Crippen LogP contribution is 2.28. The van der Waals surface area contributed by atoms with Crippen molar-refractivity contribution < 1.29 is 4.42 Å². The first-order chi connectivity index (χ1) is 10.7. The summed E-state index contributed by atoms with van der Waals surface area (Å²) >= 11 is 0. The van der Waals surface area contributed by atoms with Crippen LogP contribution < -0.4 is 5.63 Å². The Kier molecular flexibility index (Phi) is 2.66. The van der Waals surface area contributed by atoms with Crippen LogP contribution in [0.25, 0.3) is 33.4 Å². The van der Waals surface area contributed by atoms with Gasteiger partial charge in [-0.2, -0.15) is 0 Å². The molecule has 0 atom stereocenters. The number of hydrogen-bond acceptors (Lipinski definition) is 3. The van der Waals surface area contributed by atoms with Gasteiger partial charge in [0, 0.05) is 12.4 Å². The molecule has 0 amide bonds. The maximum Gasteiger partial charge on any atom is 0.347 e. The molecule has 0 unspecified atom stereocenters. The fourth-order valence-electron chi connectivity index (χ4n) is 2.93.